The molecule has 0 spiro atoms. The number of nitrogens with zero attached hydrogens (tertiary/aromatic N) is 2. The molecule has 9 heteroatoms. The van der Waals surface area contributed by atoms with Gasteiger partial charge >= 0.3 is 0 Å². The SMILES string of the molecule is O=C(NN1C(=O)/C(=C\c2cn(Cc3ccccc3Cl)c3ccccc23)SC1=S)c1ccc(Cl)cc1. The normalized spacial score (nSPS) is 14.8. The van der Waals surface area contributed by atoms with Gasteiger partial charge < -0.3 is 4.57 Å². The number of benzene rings is 3. The number of carbonyl (C=O) groups is 2. The van der Waals surface area contributed by atoms with Gasteiger partial charge in [0, 0.05) is 44.8 Å². The Bertz CT molecular complexity index is 1510. The van der Waals surface area contributed by atoms with Crippen molar-refractivity contribution < 1.29 is 9.59 Å². The monoisotopic (exact) mass is 537 g/mol. The van der Waals surface area contributed by atoms with E-state index in [1.165, 1.54) is 0 Å². The van der Waals surface area contributed by atoms with Gasteiger partial charge in [0.2, 0.25) is 0 Å². The Balaban J connectivity index is 1.43. The van der Waals surface area contributed by atoms with E-state index < -0.39 is 5.91 Å². The number of hydrazine groups is 1. The number of thioether (sulfide) groups is 1. The van der Waals surface area contributed by atoms with Gasteiger partial charge in [-0.1, -0.05) is 71.4 Å². The second-order valence-electron chi connectivity index (χ2n) is 7.79. The Morgan fingerprint density at radius 3 is 2.49 bits per heavy atom. The lowest BCUT2D eigenvalue weighted by Gasteiger charge is -2.15. The second kappa shape index (κ2) is 9.87. The Labute approximate surface area is 221 Å². The summed E-state index contributed by atoms with van der Waals surface area (Å²) in [5, 5.41) is 3.31. The summed E-state index contributed by atoms with van der Waals surface area (Å²) in [4.78, 5) is 26.1. The van der Waals surface area contributed by atoms with Crippen molar-refractivity contribution in [1.82, 2.24) is 15.0 Å². The van der Waals surface area contributed by atoms with E-state index in [0.717, 1.165) is 38.8 Å². The van der Waals surface area contributed by atoms with Gasteiger partial charge in [-0.2, -0.15) is 5.01 Å². The van der Waals surface area contributed by atoms with E-state index in [1.54, 1.807) is 30.3 Å². The summed E-state index contributed by atoms with van der Waals surface area (Å²) in [5.74, 6) is -0.833. The number of hydrogen-bond donors (Lipinski definition) is 1. The predicted octanol–water partition coefficient (Wildman–Crippen LogP) is 6.54. The van der Waals surface area contributed by atoms with E-state index in [9.17, 15) is 9.59 Å². The first-order valence-corrected chi connectivity index (χ1v) is 12.5. The van der Waals surface area contributed by atoms with Crippen LogP contribution in [0.5, 0.6) is 0 Å². The highest BCUT2D eigenvalue weighted by Crippen LogP contribution is 2.34. The van der Waals surface area contributed by atoms with Crippen LogP contribution in [0.1, 0.15) is 21.5 Å². The quantitative estimate of drug-likeness (QED) is 0.232. The van der Waals surface area contributed by atoms with Crippen molar-refractivity contribution in [2.24, 2.45) is 0 Å². The van der Waals surface area contributed by atoms with Gasteiger partial charge in [0.1, 0.15) is 0 Å². The maximum absolute atomic E-state index is 13.1. The van der Waals surface area contributed by atoms with Gasteiger partial charge in [-0.15, -0.1) is 0 Å². The highest BCUT2D eigenvalue weighted by atomic mass is 35.5. The number of para-hydroxylation sites is 1. The van der Waals surface area contributed by atoms with E-state index in [0.29, 0.717) is 27.1 Å². The number of rotatable bonds is 5. The highest BCUT2D eigenvalue weighted by molar-refractivity contribution is 8.26. The highest BCUT2D eigenvalue weighted by Gasteiger charge is 2.34. The van der Waals surface area contributed by atoms with E-state index in [1.807, 2.05) is 54.7 Å². The third kappa shape index (κ3) is 4.86. The summed E-state index contributed by atoms with van der Waals surface area (Å²) < 4.78 is 2.36. The molecule has 1 fully saturated rings. The van der Waals surface area contributed by atoms with Crippen LogP contribution in [-0.4, -0.2) is 25.7 Å². The van der Waals surface area contributed by atoms with Gasteiger partial charge in [-0.3, -0.25) is 15.0 Å². The molecule has 3 aromatic carbocycles. The summed E-state index contributed by atoms with van der Waals surface area (Å²) in [5.41, 5.74) is 5.85. The fourth-order valence-corrected chi connectivity index (χ4v) is 5.30. The Hall–Kier alpha value is -3.10. The molecule has 2 amide bonds. The van der Waals surface area contributed by atoms with Crippen molar-refractivity contribution in [3.63, 3.8) is 0 Å². The minimum Gasteiger partial charge on any atom is -0.342 e. The first-order chi connectivity index (χ1) is 16.9. The average molecular weight is 538 g/mol. The van der Waals surface area contributed by atoms with Gasteiger partial charge in [0.05, 0.1) is 4.91 Å². The Kier molecular flexibility index (Phi) is 6.67. The number of thiocarbonyl (C=S) groups is 1. The predicted molar refractivity (Wildman–Crippen MR) is 146 cm³/mol. The van der Waals surface area contributed by atoms with Crippen molar-refractivity contribution in [2.45, 2.75) is 6.54 Å². The molecule has 1 aromatic heterocycles. The molecule has 0 unspecified atom stereocenters. The number of amides is 2. The number of halogens is 2. The molecule has 5 nitrogen and oxygen atoms in total. The lowest BCUT2D eigenvalue weighted by molar-refractivity contribution is -0.123. The molecular formula is C26H17Cl2N3O2S2. The zero-order chi connectivity index (χ0) is 24.5. The van der Waals surface area contributed by atoms with Crippen LogP contribution in [-0.2, 0) is 11.3 Å². The maximum atomic E-state index is 13.1. The lowest BCUT2D eigenvalue weighted by atomic mass is 10.1. The molecule has 1 aliphatic heterocycles. The van der Waals surface area contributed by atoms with Crippen molar-refractivity contribution in [2.75, 3.05) is 0 Å². The maximum Gasteiger partial charge on any atom is 0.285 e. The van der Waals surface area contributed by atoms with E-state index in [4.69, 9.17) is 35.4 Å². The number of hydrogen-bond acceptors (Lipinski definition) is 4. The minimum atomic E-state index is -0.449. The summed E-state index contributed by atoms with van der Waals surface area (Å²) >= 11 is 18.8. The van der Waals surface area contributed by atoms with Crippen LogP contribution in [0.3, 0.4) is 0 Å². The smallest absolute Gasteiger partial charge is 0.285 e. The summed E-state index contributed by atoms with van der Waals surface area (Å²) in [6.07, 6.45) is 3.80. The zero-order valence-corrected chi connectivity index (χ0v) is 21.2. The molecule has 1 aliphatic rings. The molecule has 0 radical (unpaired) electrons. The average Bonchev–Trinajstić information content (AvgIpc) is 3.33. The van der Waals surface area contributed by atoms with Crippen molar-refractivity contribution >= 4 is 80.3 Å². The molecule has 0 aliphatic carbocycles. The van der Waals surface area contributed by atoms with Crippen molar-refractivity contribution in [3.05, 3.63) is 111 Å². The number of carbonyl (C=O) groups excluding carboxylic acids is 2. The lowest BCUT2D eigenvalue weighted by Crippen LogP contribution is -2.44. The van der Waals surface area contributed by atoms with Crippen molar-refractivity contribution in [3.8, 4) is 0 Å². The van der Waals surface area contributed by atoms with Gasteiger partial charge in [0.25, 0.3) is 11.8 Å². The number of aromatic nitrogens is 1. The topological polar surface area (TPSA) is 54.3 Å². The third-order valence-corrected chi connectivity index (χ3v) is 7.44. The van der Waals surface area contributed by atoms with Gasteiger partial charge in [-0.25, -0.2) is 0 Å². The largest absolute Gasteiger partial charge is 0.342 e. The summed E-state index contributed by atoms with van der Waals surface area (Å²) in [6, 6.07) is 22.1. The molecule has 174 valence electrons. The number of nitrogens with one attached hydrogen (secondary N) is 1. The summed E-state index contributed by atoms with van der Waals surface area (Å²) in [6.45, 7) is 0.589. The molecule has 0 bridgehead atoms. The summed E-state index contributed by atoms with van der Waals surface area (Å²) in [7, 11) is 0. The first kappa shape index (κ1) is 23.6. The van der Waals surface area contributed by atoms with Gasteiger partial charge in [0.15, 0.2) is 4.32 Å². The molecule has 4 aromatic rings. The van der Waals surface area contributed by atoms with Crippen LogP contribution in [0.4, 0.5) is 0 Å². The third-order valence-electron chi connectivity index (χ3n) is 5.52. The zero-order valence-electron chi connectivity index (χ0n) is 18.1. The molecule has 2 heterocycles. The fourth-order valence-electron chi connectivity index (χ4n) is 3.80. The minimum absolute atomic E-state index is 0.253. The molecule has 35 heavy (non-hydrogen) atoms. The molecule has 1 N–H and O–H groups in total. The van der Waals surface area contributed by atoms with E-state index in [-0.39, 0.29) is 10.2 Å². The van der Waals surface area contributed by atoms with Crippen LogP contribution in [0.25, 0.3) is 17.0 Å². The van der Waals surface area contributed by atoms with Crippen LogP contribution in [0.2, 0.25) is 10.0 Å². The van der Waals surface area contributed by atoms with Crippen LogP contribution in [0, 0.1) is 0 Å². The number of fused-ring (bicyclic) bond motifs is 1. The van der Waals surface area contributed by atoms with Gasteiger partial charge in [-0.05, 0) is 60.3 Å². The standard InChI is InChI=1S/C26H17Cl2N3O2S2/c27-19-11-9-16(10-12-19)24(32)29-31-25(33)23(35-26(31)34)13-18-15-30(22-8-4-2-6-20(18)22)14-17-5-1-3-7-21(17)28/h1-13,15H,14H2,(H,29,32)/b23-13+. The Morgan fingerprint density at radius 2 is 1.71 bits per heavy atom. The fraction of sp³-hybridized carbons (Fsp3) is 0.0385. The second-order valence-corrected chi connectivity index (χ2v) is 10.3. The molecule has 1 saturated heterocycles. The molecule has 0 atom stereocenters. The van der Waals surface area contributed by atoms with Crippen LogP contribution in [0.15, 0.2) is 83.9 Å². The van der Waals surface area contributed by atoms with Crippen LogP contribution < -0.4 is 5.43 Å². The van der Waals surface area contributed by atoms with E-state index >= 15 is 0 Å². The van der Waals surface area contributed by atoms with Crippen LogP contribution >= 0.6 is 47.2 Å². The Morgan fingerprint density at radius 1 is 1.00 bits per heavy atom. The van der Waals surface area contributed by atoms with E-state index in [2.05, 4.69) is 9.99 Å². The van der Waals surface area contributed by atoms with Crippen molar-refractivity contribution in [1.29, 1.82) is 0 Å². The first-order valence-electron chi connectivity index (χ1n) is 10.6. The molecular weight excluding hydrogens is 521 g/mol. The molecule has 0 saturated carbocycles. The molecule has 5 rings (SSSR count).